The van der Waals surface area contributed by atoms with E-state index in [9.17, 15) is 9.90 Å². The van der Waals surface area contributed by atoms with Crippen LogP contribution in [0.4, 0.5) is 0 Å². The van der Waals surface area contributed by atoms with Gasteiger partial charge in [-0.15, -0.1) is 0 Å². The van der Waals surface area contributed by atoms with E-state index >= 15 is 0 Å². The summed E-state index contributed by atoms with van der Waals surface area (Å²) in [5.41, 5.74) is 1.20. The van der Waals surface area contributed by atoms with Gasteiger partial charge in [0.05, 0.1) is 11.7 Å². The highest BCUT2D eigenvalue weighted by Gasteiger charge is 2.15. The number of aliphatic hydroxyl groups is 1. The third-order valence-corrected chi connectivity index (χ3v) is 3.84. The predicted octanol–water partition coefficient (Wildman–Crippen LogP) is 1.79. The maximum atomic E-state index is 12.3. The number of pyridine rings is 1. The van der Waals surface area contributed by atoms with Gasteiger partial charge in [-0.2, -0.15) is 16.4 Å². The summed E-state index contributed by atoms with van der Waals surface area (Å²) in [6.07, 6.45) is 4.23. The number of aromatic nitrogens is 3. The van der Waals surface area contributed by atoms with Crippen molar-refractivity contribution in [2.75, 3.05) is 6.54 Å². The van der Waals surface area contributed by atoms with Crippen LogP contribution in [0.1, 0.15) is 22.0 Å². The molecule has 3 rings (SSSR count). The molecule has 1 amide bonds. The Kier molecular flexibility index (Phi) is 4.27. The van der Waals surface area contributed by atoms with Crippen LogP contribution in [0.5, 0.6) is 0 Å². The number of amides is 1. The molecule has 112 valence electrons. The molecule has 6 nitrogen and oxygen atoms in total. The molecule has 1 unspecified atom stereocenters. The van der Waals surface area contributed by atoms with Crippen molar-refractivity contribution >= 4 is 17.2 Å². The Morgan fingerprint density at radius 3 is 3.00 bits per heavy atom. The lowest BCUT2D eigenvalue weighted by atomic mass is 10.2. The first-order valence-electron chi connectivity index (χ1n) is 6.69. The van der Waals surface area contributed by atoms with E-state index in [4.69, 9.17) is 0 Å². The minimum Gasteiger partial charge on any atom is -0.387 e. The van der Waals surface area contributed by atoms with E-state index in [1.54, 1.807) is 36.8 Å². The van der Waals surface area contributed by atoms with Crippen LogP contribution >= 0.6 is 11.3 Å². The fourth-order valence-corrected chi connectivity index (χ4v) is 2.72. The molecule has 0 fully saturated rings. The average Bonchev–Trinajstić information content (AvgIpc) is 3.24. The summed E-state index contributed by atoms with van der Waals surface area (Å²) in [7, 11) is 0. The number of nitrogens with zero attached hydrogens (tertiary/aromatic N) is 3. The van der Waals surface area contributed by atoms with Crippen molar-refractivity contribution in [2.24, 2.45) is 0 Å². The lowest BCUT2D eigenvalue weighted by molar-refractivity contribution is 0.0916. The number of hydrogen-bond donors (Lipinski definition) is 2. The molecule has 0 aliphatic heterocycles. The molecular weight excluding hydrogens is 300 g/mol. The van der Waals surface area contributed by atoms with Gasteiger partial charge in [-0.05, 0) is 40.6 Å². The number of rotatable bonds is 5. The monoisotopic (exact) mass is 314 g/mol. The molecule has 3 aromatic heterocycles. The van der Waals surface area contributed by atoms with E-state index in [0.29, 0.717) is 11.4 Å². The van der Waals surface area contributed by atoms with Gasteiger partial charge in [-0.25, -0.2) is 9.67 Å². The summed E-state index contributed by atoms with van der Waals surface area (Å²) in [5, 5.41) is 20.6. The van der Waals surface area contributed by atoms with E-state index in [1.165, 1.54) is 16.0 Å². The second kappa shape index (κ2) is 6.50. The first-order valence-corrected chi connectivity index (χ1v) is 7.63. The highest BCUT2D eigenvalue weighted by atomic mass is 32.1. The summed E-state index contributed by atoms with van der Waals surface area (Å²) < 4.78 is 1.53. The molecule has 7 heteroatoms. The molecule has 22 heavy (non-hydrogen) atoms. The Morgan fingerprint density at radius 2 is 2.27 bits per heavy atom. The van der Waals surface area contributed by atoms with E-state index in [0.717, 1.165) is 5.56 Å². The molecule has 2 N–H and O–H groups in total. The first-order chi connectivity index (χ1) is 10.8. The molecular formula is C15H14N4O2S. The summed E-state index contributed by atoms with van der Waals surface area (Å²) in [4.78, 5) is 16.5. The Balaban J connectivity index is 1.73. The lowest BCUT2D eigenvalue weighted by Gasteiger charge is -2.12. The molecule has 0 radical (unpaired) electrons. The summed E-state index contributed by atoms with van der Waals surface area (Å²) in [5.74, 6) is 0.155. The maximum absolute atomic E-state index is 12.3. The number of thiophene rings is 1. The second-order valence-electron chi connectivity index (χ2n) is 4.61. The molecule has 0 spiro atoms. The van der Waals surface area contributed by atoms with Crippen LogP contribution in [-0.4, -0.2) is 32.3 Å². The van der Waals surface area contributed by atoms with Crippen molar-refractivity contribution in [3.05, 3.63) is 64.7 Å². The standard InChI is InChI=1S/C15H14N4O2S/c20-13(11-4-8-22-10-11)9-17-15(21)12-3-1-5-16-14(12)19-7-2-6-18-19/h1-8,10,13,20H,9H2,(H,17,21). The van der Waals surface area contributed by atoms with Gasteiger partial charge in [0.25, 0.3) is 5.91 Å². The van der Waals surface area contributed by atoms with Gasteiger partial charge in [0.1, 0.15) is 0 Å². The largest absolute Gasteiger partial charge is 0.387 e. The summed E-state index contributed by atoms with van der Waals surface area (Å²) in [6, 6.07) is 6.96. The van der Waals surface area contributed by atoms with Crippen molar-refractivity contribution in [1.29, 1.82) is 0 Å². The third kappa shape index (κ3) is 3.05. The van der Waals surface area contributed by atoms with Gasteiger partial charge in [0.2, 0.25) is 0 Å². The maximum Gasteiger partial charge on any atom is 0.255 e. The SMILES string of the molecule is O=C(NCC(O)c1ccsc1)c1cccnc1-n1cccn1. The fourth-order valence-electron chi connectivity index (χ4n) is 2.02. The van der Waals surface area contributed by atoms with E-state index in [2.05, 4.69) is 15.4 Å². The van der Waals surface area contributed by atoms with Gasteiger partial charge in [0, 0.05) is 25.1 Å². The van der Waals surface area contributed by atoms with Gasteiger partial charge < -0.3 is 10.4 Å². The smallest absolute Gasteiger partial charge is 0.255 e. The van der Waals surface area contributed by atoms with Crippen molar-refractivity contribution in [2.45, 2.75) is 6.10 Å². The number of hydrogen-bond acceptors (Lipinski definition) is 5. The van der Waals surface area contributed by atoms with E-state index < -0.39 is 6.10 Å². The van der Waals surface area contributed by atoms with Crippen molar-refractivity contribution in [3.8, 4) is 5.82 Å². The van der Waals surface area contributed by atoms with E-state index in [1.807, 2.05) is 16.8 Å². The molecule has 0 aliphatic carbocycles. The zero-order valence-corrected chi connectivity index (χ0v) is 12.4. The predicted molar refractivity (Wildman–Crippen MR) is 83.0 cm³/mol. The number of aliphatic hydroxyl groups excluding tert-OH is 1. The van der Waals surface area contributed by atoms with Gasteiger partial charge >= 0.3 is 0 Å². The third-order valence-electron chi connectivity index (χ3n) is 3.14. The van der Waals surface area contributed by atoms with Crippen LogP contribution < -0.4 is 5.32 Å². The quantitative estimate of drug-likeness (QED) is 0.752. The zero-order chi connectivity index (χ0) is 15.4. The fraction of sp³-hybridized carbons (Fsp3) is 0.133. The van der Waals surface area contributed by atoms with Gasteiger partial charge in [0.15, 0.2) is 5.82 Å². The normalized spacial score (nSPS) is 12.0. The van der Waals surface area contributed by atoms with Crippen LogP contribution in [0.2, 0.25) is 0 Å². The zero-order valence-electron chi connectivity index (χ0n) is 11.6. The molecule has 0 aromatic carbocycles. The first kappa shape index (κ1) is 14.4. The van der Waals surface area contributed by atoms with Crippen LogP contribution in [0.3, 0.4) is 0 Å². The number of carbonyl (C=O) groups excluding carboxylic acids is 1. The Bertz CT molecular complexity index is 741. The van der Waals surface area contributed by atoms with E-state index in [-0.39, 0.29) is 12.5 Å². The molecule has 3 heterocycles. The van der Waals surface area contributed by atoms with Crippen molar-refractivity contribution in [1.82, 2.24) is 20.1 Å². The number of nitrogens with one attached hydrogen (secondary N) is 1. The molecule has 1 atom stereocenters. The Hall–Kier alpha value is -2.51. The van der Waals surface area contributed by atoms with Crippen LogP contribution in [0.15, 0.2) is 53.6 Å². The summed E-state index contributed by atoms with van der Waals surface area (Å²) >= 11 is 1.50. The minimum atomic E-state index is -0.722. The second-order valence-corrected chi connectivity index (χ2v) is 5.39. The topological polar surface area (TPSA) is 80.0 Å². The van der Waals surface area contributed by atoms with Crippen LogP contribution in [0.25, 0.3) is 5.82 Å². The molecule has 0 saturated carbocycles. The minimum absolute atomic E-state index is 0.142. The summed E-state index contributed by atoms with van der Waals surface area (Å²) in [6.45, 7) is 0.142. The van der Waals surface area contributed by atoms with Gasteiger partial charge in [-0.1, -0.05) is 0 Å². The highest BCUT2D eigenvalue weighted by Crippen LogP contribution is 2.16. The lowest BCUT2D eigenvalue weighted by Crippen LogP contribution is -2.29. The average molecular weight is 314 g/mol. The van der Waals surface area contributed by atoms with Gasteiger partial charge in [-0.3, -0.25) is 4.79 Å². The Morgan fingerprint density at radius 1 is 1.36 bits per heavy atom. The Labute approximate surface area is 131 Å². The number of carbonyl (C=O) groups is 1. The molecule has 0 bridgehead atoms. The molecule has 3 aromatic rings. The van der Waals surface area contributed by atoms with Crippen LogP contribution in [-0.2, 0) is 0 Å². The van der Waals surface area contributed by atoms with Crippen molar-refractivity contribution < 1.29 is 9.90 Å². The highest BCUT2D eigenvalue weighted by molar-refractivity contribution is 7.07. The molecule has 0 aliphatic rings. The van der Waals surface area contributed by atoms with Crippen LogP contribution in [0, 0.1) is 0 Å². The van der Waals surface area contributed by atoms with Crippen molar-refractivity contribution in [3.63, 3.8) is 0 Å². The molecule has 0 saturated heterocycles.